The van der Waals surface area contributed by atoms with Gasteiger partial charge in [0, 0.05) is 63.5 Å². The molecule has 4 rings (SSSR count). The van der Waals surface area contributed by atoms with Crippen LogP contribution in [0.1, 0.15) is 17.7 Å². The Bertz CT molecular complexity index is 897. The summed E-state index contributed by atoms with van der Waals surface area (Å²) in [7, 11) is 0. The third-order valence-corrected chi connectivity index (χ3v) is 5.56. The second-order valence-corrected chi connectivity index (χ2v) is 7.56. The van der Waals surface area contributed by atoms with Crippen molar-refractivity contribution in [3.8, 4) is 5.82 Å². The average Bonchev–Trinajstić information content (AvgIpc) is 3.20. The largest absolute Gasteiger partial charge is 0.396 e. The monoisotopic (exact) mass is 394 g/mol. The van der Waals surface area contributed by atoms with Crippen molar-refractivity contribution in [1.29, 1.82) is 0 Å². The highest BCUT2D eigenvalue weighted by Gasteiger charge is 2.27. The number of benzene rings is 1. The molecule has 1 aliphatic rings. The Hall–Kier alpha value is -2.54. The molecule has 29 heavy (non-hydrogen) atoms. The van der Waals surface area contributed by atoms with Gasteiger partial charge >= 0.3 is 0 Å². The molecule has 1 saturated heterocycles. The fourth-order valence-electron chi connectivity index (χ4n) is 4.05. The summed E-state index contributed by atoms with van der Waals surface area (Å²) in [5.74, 6) is 0.718. The van der Waals surface area contributed by atoms with Crippen molar-refractivity contribution in [1.82, 2.24) is 19.4 Å². The van der Waals surface area contributed by atoms with Crippen LogP contribution in [0.2, 0.25) is 0 Å². The zero-order valence-electron chi connectivity index (χ0n) is 16.5. The van der Waals surface area contributed by atoms with Gasteiger partial charge in [0.1, 0.15) is 11.6 Å². The lowest BCUT2D eigenvalue weighted by atomic mass is 10.1. The van der Waals surface area contributed by atoms with Crippen LogP contribution in [0, 0.1) is 5.82 Å². The summed E-state index contributed by atoms with van der Waals surface area (Å²) in [4.78, 5) is 9.30. The number of halogens is 1. The third-order valence-electron chi connectivity index (χ3n) is 5.56. The fourth-order valence-corrected chi connectivity index (χ4v) is 4.05. The lowest BCUT2D eigenvalue weighted by Crippen LogP contribution is -2.52. The number of rotatable bonds is 7. The van der Waals surface area contributed by atoms with Crippen LogP contribution in [0.5, 0.6) is 0 Å². The Labute approximate surface area is 171 Å². The molecule has 0 unspecified atom stereocenters. The summed E-state index contributed by atoms with van der Waals surface area (Å²) in [6, 6.07) is 17.1. The molecule has 1 aliphatic heterocycles. The molecule has 0 radical (unpaired) electrons. The molecule has 6 heteroatoms. The van der Waals surface area contributed by atoms with Crippen LogP contribution in [0.4, 0.5) is 4.39 Å². The minimum absolute atomic E-state index is 0.169. The average molecular weight is 394 g/mol. The Balaban J connectivity index is 1.42. The molecule has 2 aromatic heterocycles. The van der Waals surface area contributed by atoms with E-state index in [4.69, 9.17) is 0 Å². The lowest BCUT2D eigenvalue weighted by Gasteiger charge is -2.41. The first-order valence-corrected chi connectivity index (χ1v) is 10.1. The Morgan fingerprint density at radius 1 is 1.00 bits per heavy atom. The molecule has 0 bridgehead atoms. The van der Waals surface area contributed by atoms with Gasteiger partial charge in [-0.1, -0.05) is 18.2 Å². The third kappa shape index (κ3) is 4.90. The first-order valence-electron chi connectivity index (χ1n) is 10.1. The van der Waals surface area contributed by atoms with Crippen molar-refractivity contribution in [2.45, 2.75) is 25.6 Å². The van der Waals surface area contributed by atoms with Crippen LogP contribution in [0.3, 0.4) is 0 Å². The normalized spacial score (nSPS) is 18.2. The maximum atomic E-state index is 13.2. The smallest absolute Gasteiger partial charge is 0.136 e. The highest BCUT2D eigenvalue weighted by Crippen LogP contribution is 2.20. The van der Waals surface area contributed by atoms with Gasteiger partial charge in [-0.2, -0.15) is 0 Å². The molecule has 1 N–H and O–H groups in total. The topological polar surface area (TPSA) is 44.5 Å². The number of pyridine rings is 1. The van der Waals surface area contributed by atoms with E-state index in [0.717, 1.165) is 50.5 Å². The predicted molar refractivity (Wildman–Crippen MR) is 111 cm³/mol. The van der Waals surface area contributed by atoms with Crippen LogP contribution in [0.25, 0.3) is 5.82 Å². The summed E-state index contributed by atoms with van der Waals surface area (Å²) in [5, 5.41) is 9.57. The molecule has 152 valence electrons. The summed E-state index contributed by atoms with van der Waals surface area (Å²) in [6.07, 6.45) is 4.59. The second-order valence-electron chi connectivity index (χ2n) is 7.56. The van der Waals surface area contributed by atoms with Gasteiger partial charge < -0.3 is 9.67 Å². The standard InChI is InChI=1S/C23H27FN4O/c24-20-8-6-19(7-9-20)16-27-14-13-26(17-21(27)10-15-29)18-22-4-3-12-28(22)23-5-1-2-11-25-23/h1-9,11-12,21,29H,10,13-18H2/t21-/m1/s1. The molecule has 3 aromatic rings. The lowest BCUT2D eigenvalue weighted by molar-refractivity contribution is 0.0491. The first-order chi connectivity index (χ1) is 14.2. The van der Waals surface area contributed by atoms with E-state index in [1.54, 1.807) is 0 Å². The number of piperazine rings is 1. The maximum absolute atomic E-state index is 13.2. The number of aliphatic hydroxyl groups excluding tert-OH is 1. The van der Waals surface area contributed by atoms with E-state index in [1.165, 1.54) is 17.8 Å². The van der Waals surface area contributed by atoms with Crippen molar-refractivity contribution >= 4 is 0 Å². The molecule has 1 aromatic carbocycles. The fraction of sp³-hybridized carbons (Fsp3) is 0.348. The van der Waals surface area contributed by atoms with Gasteiger partial charge in [-0.3, -0.25) is 9.80 Å². The van der Waals surface area contributed by atoms with E-state index in [9.17, 15) is 9.50 Å². The van der Waals surface area contributed by atoms with Crippen molar-refractivity contribution in [3.63, 3.8) is 0 Å². The molecule has 3 heterocycles. The van der Waals surface area contributed by atoms with Crippen molar-refractivity contribution in [2.24, 2.45) is 0 Å². The van der Waals surface area contributed by atoms with Gasteiger partial charge in [0.05, 0.1) is 0 Å². The molecule has 0 aliphatic carbocycles. The van der Waals surface area contributed by atoms with Gasteiger partial charge in [-0.15, -0.1) is 0 Å². The molecule has 0 saturated carbocycles. The molecule has 0 amide bonds. The van der Waals surface area contributed by atoms with Crippen LogP contribution in [-0.2, 0) is 13.1 Å². The minimum Gasteiger partial charge on any atom is -0.396 e. The number of hydrogen-bond acceptors (Lipinski definition) is 4. The SMILES string of the molecule is OCC[C@@H]1CN(Cc2cccn2-c2ccccn2)CCN1Cc1ccc(F)cc1. The zero-order valence-corrected chi connectivity index (χ0v) is 16.5. The first kappa shape index (κ1) is 19.8. The molecule has 5 nitrogen and oxygen atoms in total. The van der Waals surface area contributed by atoms with E-state index < -0.39 is 0 Å². The summed E-state index contributed by atoms with van der Waals surface area (Å²) in [6.45, 7) is 4.57. The van der Waals surface area contributed by atoms with E-state index >= 15 is 0 Å². The van der Waals surface area contributed by atoms with Gasteiger partial charge in [0.2, 0.25) is 0 Å². The van der Waals surface area contributed by atoms with E-state index in [-0.39, 0.29) is 18.5 Å². The Kier molecular flexibility index (Phi) is 6.34. The molecule has 1 atom stereocenters. The van der Waals surface area contributed by atoms with E-state index in [2.05, 4.69) is 31.5 Å². The number of nitrogens with zero attached hydrogens (tertiary/aromatic N) is 4. The molecule has 0 spiro atoms. The van der Waals surface area contributed by atoms with E-state index in [1.807, 2.05) is 42.7 Å². The Morgan fingerprint density at radius 3 is 2.62 bits per heavy atom. The van der Waals surface area contributed by atoms with Gasteiger partial charge in [-0.25, -0.2) is 9.37 Å². The van der Waals surface area contributed by atoms with Crippen molar-refractivity contribution in [3.05, 3.63) is 84.1 Å². The number of aromatic nitrogens is 2. The summed E-state index contributed by atoms with van der Waals surface area (Å²) < 4.78 is 15.3. The maximum Gasteiger partial charge on any atom is 0.136 e. The number of aliphatic hydroxyl groups is 1. The van der Waals surface area contributed by atoms with Crippen LogP contribution < -0.4 is 0 Å². The zero-order chi connectivity index (χ0) is 20.1. The number of hydrogen-bond donors (Lipinski definition) is 1. The molecule has 1 fully saturated rings. The van der Waals surface area contributed by atoms with Gasteiger partial charge in [0.15, 0.2) is 0 Å². The molecular formula is C23H27FN4O. The highest BCUT2D eigenvalue weighted by atomic mass is 19.1. The van der Waals surface area contributed by atoms with Gasteiger partial charge in [0.25, 0.3) is 0 Å². The van der Waals surface area contributed by atoms with Crippen LogP contribution in [0.15, 0.2) is 67.0 Å². The van der Waals surface area contributed by atoms with Crippen molar-refractivity contribution < 1.29 is 9.50 Å². The van der Waals surface area contributed by atoms with Gasteiger partial charge in [-0.05, 0) is 48.4 Å². The van der Waals surface area contributed by atoms with Crippen LogP contribution >= 0.6 is 0 Å². The highest BCUT2D eigenvalue weighted by molar-refractivity contribution is 5.27. The van der Waals surface area contributed by atoms with Crippen LogP contribution in [-0.4, -0.2) is 56.7 Å². The quantitative estimate of drug-likeness (QED) is 0.669. The van der Waals surface area contributed by atoms with Crippen molar-refractivity contribution in [2.75, 3.05) is 26.2 Å². The predicted octanol–water partition coefficient (Wildman–Crippen LogP) is 3.08. The summed E-state index contributed by atoms with van der Waals surface area (Å²) in [5.41, 5.74) is 2.31. The van der Waals surface area contributed by atoms with E-state index in [0.29, 0.717) is 0 Å². The second kappa shape index (κ2) is 9.31. The minimum atomic E-state index is -0.207. The Morgan fingerprint density at radius 2 is 1.86 bits per heavy atom. The summed E-state index contributed by atoms with van der Waals surface area (Å²) >= 11 is 0. The molecular weight excluding hydrogens is 367 g/mol.